The van der Waals surface area contributed by atoms with E-state index in [1.54, 1.807) is 12.1 Å². The van der Waals surface area contributed by atoms with Gasteiger partial charge in [0.05, 0.1) is 12.6 Å². The van der Waals surface area contributed by atoms with Gasteiger partial charge in [0.2, 0.25) is 5.91 Å². The predicted octanol–water partition coefficient (Wildman–Crippen LogP) is 3.97. The highest BCUT2D eigenvalue weighted by atomic mass is 19.1. The van der Waals surface area contributed by atoms with Crippen molar-refractivity contribution in [2.24, 2.45) is 0 Å². The molecule has 146 valence electrons. The van der Waals surface area contributed by atoms with Gasteiger partial charge in [0.15, 0.2) is 0 Å². The number of halogens is 1. The van der Waals surface area contributed by atoms with Crippen molar-refractivity contribution < 1.29 is 13.9 Å². The minimum atomic E-state index is -0.285. The number of nitrogens with one attached hydrogen (secondary N) is 2. The van der Waals surface area contributed by atoms with E-state index in [4.69, 9.17) is 4.74 Å². The molecule has 0 aromatic heterocycles. The van der Waals surface area contributed by atoms with Crippen molar-refractivity contribution in [1.82, 2.24) is 10.6 Å². The number of amides is 1. The average Bonchev–Trinajstić information content (AvgIpc) is 2.61. The second-order valence-corrected chi connectivity index (χ2v) is 7.64. The van der Waals surface area contributed by atoms with Gasteiger partial charge in [0, 0.05) is 6.54 Å². The quantitative estimate of drug-likeness (QED) is 0.690. The van der Waals surface area contributed by atoms with E-state index >= 15 is 0 Å². The molecule has 1 atom stereocenters. The molecule has 2 N–H and O–H groups in total. The van der Waals surface area contributed by atoms with Crippen LogP contribution in [-0.4, -0.2) is 25.6 Å². The first-order valence-corrected chi connectivity index (χ1v) is 9.24. The number of benzene rings is 2. The Labute approximate surface area is 161 Å². The smallest absolute Gasteiger partial charge is 0.234 e. The van der Waals surface area contributed by atoms with Crippen molar-refractivity contribution in [3.05, 3.63) is 65.5 Å². The third-order valence-corrected chi connectivity index (χ3v) is 4.30. The maximum atomic E-state index is 12.9. The Morgan fingerprint density at radius 3 is 2.30 bits per heavy atom. The molecule has 1 amide bonds. The largest absolute Gasteiger partial charge is 0.492 e. The third kappa shape index (κ3) is 7.02. The lowest BCUT2D eigenvalue weighted by molar-refractivity contribution is -0.120. The zero-order chi connectivity index (χ0) is 19.9. The lowest BCUT2D eigenvalue weighted by Gasteiger charge is -2.19. The van der Waals surface area contributed by atoms with Crippen LogP contribution in [0.1, 0.15) is 44.9 Å². The van der Waals surface area contributed by atoms with Crippen LogP contribution in [0.5, 0.6) is 5.75 Å². The van der Waals surface area contributed by atoms with Gasteiger partial charge in [-0.3, -0.25) is 4.79 Å². The van der Waals surface area contributed by atoms with Crippen molar-refractivity contribution in [3.63, 3.8) is 0 Å². The maximum Gasteiger partial charge on any atom is 0.234 e. The van der Waals surface area contributed by atoms with Gasteiger partial charge < -0.3 is 15.4 Å². The monoisotopic (exact) mass is 372 g/mol. The van der Waals surface area contributed by atoms with E-state index in [0.29, 0.717) is 13.2 Å². The molecule has 0 aliphatic rings. The predicted molar refractivity (Wildman–Crippen MR) is 106 cm³/mol. The van der Waals surface area contributed by atoms with E-state index in [-0.39, 0.29) is 29.7 Å². The third-order valence-electron chi connectivity index (χ3n) is 4.30. The first kappa shape index (κ1) is 20.9. The first-order valence-electron chi connectivity index (χ1n) is 9.24. The fourth-order valence-corrected chi connectivity index (χ4v) is 2.62. The number of carbonyl (C=O) groups excluding carboxylic acids is 1. The van der Waals surface area contributed by atoms with Gasteiger partial charge in [0.1, 0.15) is 18.2 Å². The molecule has 2 aromatic carbocycles. The number of hydrogen-bond donors (Lipinski definition) is 2. The Balaban J connectivity index is 1.64. The van der Waals surface area contributed by atoms with Crippen molar-refractivity contribution in [3.8, 4) is 5.75 Å². The van der Waals surface area contributed by atoms with Crippen LogP contribution in [-0.2, 0) is 10.2 Å². The number of rotatable bonds is 8. The van der Waals surface area contributed by atoms with Gasteiger partial charge in [-0.05, 0) is 47.7 Å². The van der Waals surface area contributed by atoms with Crippen LogP contribution < -0.4 is 15.4 Å². The standard InChI is InChI=1S/C22H29FN2O2/c1-16(17-5-9-19(23)10-6-17)25-21(26)15-24-13-14-27-20-11-7-18(8-12-20)22(2,3)4/h5-12,16,24H,13-15H2,1-4H3,(H,25,26)/t16-/m1/s1. The summed E-state index contributed by atoms with van der Waals surface area (Å²) in [6.45, 7) is 9.65. The summed E-state index contributed by atoms with van der Waals surface area (Å²) in [5.41, 5.74) is 2.25. The van der Waals surface area contributed by atoms with E-state index in [2.05, 4.69) is 43.5 Å². The minimum Gasteiger partial charge on any atom is -0.492 e. The first-order chi connectivity index (χ1) is 12.8. The Kier molecular flexibility index (Phi) is 7.36. The lowest BCUT2D eigenvalue weighted by Crippen LogP contribution is -2.36. The number of carbonyl (C=O) groups is 1. The molecular weight excluding hydrogens is 343 g/mol. The molecule has 0 fully saturated rings. The van der Waals surface area contributed by atoms with Gasteiger partial charge in [0.25, 0.3) is 0 Å². The summed E-state index contributed by atoms with van der Waals surface area (Å²) in [6, 6.07) is 14.1. The van der Waals surface area contributed by atoms with Crippen LogP contribution in [0.25, 0.3) is 0 Å². The highest BCUT2D eigenvalue weighted by Gasteiger charge is 2.13. The molecule has 0 aliphatic carbocycles. The van der Waals surface area contributed by atoms with Gasteiger partial charge in [-0.15, -0.1) is 0 Å². The normalized spacial score (nSPS) is 12.5. The molecule has 0 saturated carbocycles. The molecule has 0 saturated heterocycles. The Bertz CT molecular complexity index is 721. The topological polar surface area (TPSA) is 50.4 Å². The van der Waals surface area contributed by atoms with E-state index in [1.165, 1.54) is 17.7 Å². The maximum absolute atomic E-state index is 12.9. The van der Waals surface area contributed by atoms with Gasteiger partial charge in [-0.2, -0.15) is 0 Å². The molecule has 2 aromatic rings. The van der Waals surface area contributed by atoms with Crippen LogP contribution >= 0.6 is 0 Å². The van der Waals surface area contributed by atoms with Crippen LogP contribution in [0, 0.1) is 5.82 Å². The molecule has 0 radical (unpaired) electrons. The zero-order valence-electron chi connectivity index (χ0n) is 16.5. The lowest BCUT2D eigenvalue weighted by atomic mass is 9.87. The van der Waals surface area contributed by atoms with E-state index < -0.39 is 0 Å². The number of hydrogen-bond acceptors (Lipinski definition) is 3. The number of ether oxygens (including phenoxy) is 1. The van der Waals surface area contributed by atoms with Crippen LogP contribution in [0.3, 0.4) is 0 Å². The molecule has 0 heterocycles. The highest BCUT2D eigenvalue weighted by molar-refractivity contribution is 5.78. The highest BCUT2D eigenvalue weighted by Crippen LogP contribution is 2.24. The Morgan fingerprint density at radius 2 is 1.70 bits per heavy atom. The van der Waals surface area contributed by atoms with E-state index in [9.17, 15) is 9.18 Å². The van der Waals surface area contributed by atoms with Crippen molar-refractivity contribution in [2.75, 3.05) is 19.7 Å². The van der Waals surface area contributed by atoms with E-state index in [0.717, 1.165) is 11.3 Å². The molecule has 0 bridgehead atoms. The summed E-state index contributed by atoms with van der Waals surface area (Å²) in [7, 11) is 0. The second kappa shape index (κ2) is 9.51. The summed E-state index contributed by atoms with van der Waals surface area (Å²) >= 11 is 0. The average molecular weight is 372 g/mol. The summed E-state index contributed by atoms with van der Waals surface area (Å²) in [5, 5.41) is 5.94. The molecule has 27 heavy (non-hydrogen) atoms. The summed E-state index contributed by atoms with van der Waals surface area (Å²) in [4.78, 5) is 12.0. The van der Waals surface area contributed by atoms with Crippen LogP contribution in [0.15, 0.2) is 48.5 Å². The van der Waals surface area contributed by atoms with Crippen LogP contribution in [0.4, 0.5) is 4.39 Å². The fraction of sp³-hybridized carbons (Fsp3) is 0.409. The summed E-state index contributed by atoms with van der Waals surface area (Å²) in [5.74, 6) is 0.424. The Hall–Kier alpha value is -2.40. The van der Waals surface area contributed by atoms with Crippen molar-refractivity contribution in [1.29, 1.82) is 0 Å². The fourth-order valence-electron chi connectivity index (χ4n) is 2.62. The molecule has 5 heteroatoms. The molecule has 0 spiro atoms. The van der Waals surface area contributed by atoms with Crippen molar-refractivity contribution in [2.45, 2.75) is 39.2 Å². The van der Waals surface area contributed by atoms with Gasteiger partial charge in [-0.1, -0.05) is 45.0 Å². The molecule has 4 nitrogen and oxygen atoms in total. The Morgan fingerprint density at radius 1 is 1.07 bits per heavy atom. The zero-order valence-corrected chi connectivity index (χ0v) is 16.5. The molecule has 0 unspecified atom stereocenters. The van der Waals surface area contributed by atoms with Crippen molar-refractivity contribution >= 4 is 5.91 Å². The molecule has 0 aliphatic heterocycles. The van der Waals surface area contributed by atoms with Gasteiger partial charge in [-0.25, -0.2) is 4.39 Å². The minimum absolute atomic E-state index is 0.110. The molecular formula is C22H29FN2O2. The molecule has 2 rings (SSSR count). The SMILES string of the molecule is C[C@@H](NC(=O)CNCCOc1ccc(C(C)(C)C)cc1)c1ccc(F)cc1. The van der Waals surface area contributed by atoms with Crippen LogP contribution in [0.2, 0.25) is 0 Å². The van der Waals surface area contributed by atoms with E-state index in [1.807, 2.05) is 19.1 Å². The summed E-state index contributed by atoms with van der Waals surface area (Å²) < 4.78 is 18.6. The summed E-state index contributed by atoms with van der Waals surface area (Å²) in [6.07, 6.45) is 0. The second-order valence-electron chi connectivity index (χ2n) is 7.64. The van der Waals surface area contributed by atoms with Gasteiger partial charge >= 0.3 is 0 Å².